The van der Waals surface area contributed by atoms with Gasteiger partial charge < -0.3 is 5.32 Å². The summed E-state index contributed by atoms with van der Waals surface area (Å²) in [7, 11) is -3.93. The standard InChI is InChI=1S/C24H25FN2O3S/c1-3-21(27(31(2,29)30)22-17-11-10-16-20(22)25)24(28)26-23(18-12-6-4-7-13-18)19-14-8-5-9-15-19/h4-17,21,23H,3H2,1-2H3,(H,26,28)/t21-/m0/s1. The molecular formula is C24H25FN2O3S. The Morgan fingerprint density at radius 1 is 0.903 bits per heavy atom. The van der Waals surface area contributed by atoms with Gasteiger partial charge in [0.25, 0.3) is 0 Å². The lowest BCUT2D eigenvalue weighted by atomic mass is 9.98. The lowest BCUT2D eigenvalue weighted by molar-refractivity contribution is -0.122. The molecule has 3 rings (SSSR count). The Hall–Kier alpha value is -3.19. The van der Waals surface area contributed by atoms with Crippen molar-refractivity contribution in [3.05, 3.63) is 102 Å². The minimum absolute atomic E-state index is 0.150. The predicted molar refractivity (Wildman–Crippen MR) is 121 cm³/mol. The number of sulfonamides is 1. The Bertz CT molecular complexity index is 1080. The Labute approximate surface area is 182 Å². The second-order valence-electron chi connectivity index (χ2n) is 7.20. The number of carbonyl (C=O) groups is 1. The largest absolute Gasteiger partial charge is 0.343 e. The quantitative estimate of drug-likeness (QED) is 0.569. The van der Waals surface area contributed by atoms with Crippen LogP contribution in [-0.2, 0) is 14.8 Å². The number of hydrogen-bond donors (Lipinski definition) is 1. The molecule has 0 bridgehead atoms. The maximum atomic E-state index is 14.5. The highest BCUT2D eigenvalue weighted by Gasteiger charge is 2.34. The first-order valence-corrected chi connectivity index (χ1v) is 11.8. The van der Waals surface area contributed by atoms with Crippen LogP contribution in [0, 0.1) is 5.82 Å². The summed E-state index contributed by atoms with van der Waals surface area (Å²) in [6, 6.07) is 22.8. The molecule has 0 saturated carbocycles. The van der Waals surface area contributed by atoms with Gasteiger partial charge in [-0.25, -0.2) is 12.8 Å². The number of halogens is 1. The molecule has 0 aliphatic heterocycles. The second-order valence-corrected chi connectivity index (χ2v) is 9.06. The molecule has 0 aliphatic carbocycles. The van der Waals surface area contributed by atoms with Crippen molar-refractivity contribution in [3.63, 3.8) is 0 Å². The molecule has 0 radical (unpaired) electrons. The molecule has 0 heterocycles. The van der Waals surface area contributed by atoms with Crippen molar-refractivity contribution in [3.8, 4) is 0 Å². The van der Waals surface area contributed by atoms with Crippen molar-refractivity contribution >= 4 is 21.6 Å². The zero-order valence-corrected chi connectivity index (χ0v) is 18.2. The molecule has 0 fully saturated rings. The zero-order chi connectivity index (χ0) is 22.4. The fourth-order valence-corrected chi connectivity index (χ4v) is 4.77. The van der Waals surface area contributed by atoms with Gasteiger partial charge in [-0.3, -0.25) is 9.10 Å². The van der Waals surface area contributed by atoms with E-state index in [2.05, 4.69) is 5.32 Å². The van der Waals surface area contributed by atoms with Crippen molar-refractivity contribution in [2.45, 2.75) is 25.4 Å². The van der Waals surface area contributed by atoms with Crippen molar-refractivity contribution in [1.82, 2.24) is 5.32 Å². The third-order valence-electron chi connectivity index (χ3n) is 4.97. The number of nitrogens with one attached hydrogen (secondary N) is 1. The molecule has 0 spiro atoms. The van der Waals surface area contributed by atoms with Gasteiger partial charge in [-0.05, 0) is 29.7 Å². The van der Waals surface area contributed by atoms with E-state index in [4.69, 9.17) is 0 Å². The van der Waals surface area contributed by atoms with Gasteiger partial charge in [0, 0.05) is 0 Å². The van der Waals surface area contributed by atoms with Crippen molar-refractivity contribution < 1.29 is 17.6 Å². The van der Waals surface area contributed by atoms with Crippen molar-refractivity contribution in [2.75, 3.05) is 10.6 Å². The van der Waals surface area contributed by atoms with Gasteiger partial charge >= 0.3 is 0 Å². The van der Waals surface area contributed by atoms with Gasteiger partial charge in [-0.15, -0.1) is 0 Å². The topological polar surface area (TPSA) is 66.5 Å². The van der Waals surface area contributed by atoms with Crippen LogP contribution in [0.2, 0.25) is 0 Å². The molecule has 1 amide bonds. The summed E-state index contributed by atoms with van der Waals surface area (Å²) in [5, 5.41) is 2.97. The highest BCUT2D eigenvalue weighted by atomic mass is 32.2. The van der Waals surface area contributed by atoms with Crippen molar-refractivity contribution in [1.29, 1.82) is 0 Å². The van der Waals surface area contributed by atoms with E-state index in [0.29, 0.717) is 0 Å². The summed E-state index contributed by atoms with van der Waals surface area (Å²) >= 11 is 0. The number of benzene rings is 3. The maximum absolute atomic E-state index is 14.5. The van der Waals surface area contributed by atoms with E-state index >= 15 is 0 Å². The van der Waals surface area contributed by atoms with E-state index in [1.165, 1.54) is 24.3 Å². The summed E-state index contributed by atoms with van der Waals surface area (Å²) in [4.78, 5) is 13.4. The molecular weight excluding hydrogens is 415 g/mol. The smallest absolute Gasteiger partial charge is 0.244 e. The lowest BCUT2D eigenvalue weighted by Crippen LogP contribution is -2.50. The highest BCUT2D eigenvalue weighted by molar-refractivity contribution is 7.92. The maximum Gasteiger partial charge on any atom is 0.244 e. The number of hydrogen-bond acceptors (Lipinski definition) is 3. The number of nitrogens with zero attached hydrogens (tertiary/aromatic N) is 1. The van der Waals surface area contributed by atoms with E-state index in [9.17, 15) is 17.6 Å². The Morgan fingerprint density at radius 3 is 1.84 bits per heavy atom. The van der Waals surface area contributed by atoms with E-state index < -0.39 is 33.8 Å². The van der Waals surface area contributed by atoms with Gasteiger partial charge in [0.05, 0.1) is 18.0 Å². The van der Waals surface area contributed by atoms with Crippen LogP contribution in [0.5, 0.6) is 0 Å². The number of carbonyl (C=O) groups excluding carboxylic acids is 1. The lowest BCUT2D eigenvalue weighted by Gasteiger charge is -2.32. The van der Waals surface area contributed by atoms with E-state index in [1.807, 2.05) is 60.7 Å². The minimum atomic E-state index is -3.93. The number of rotatable bonds is 8. The molecule has 0 aromatic heterocycles. The van der Waals surface area contributed by atoms with Crippen LogP contribution in [0.3, 0.4) is 0 Å². The van der Waals surface area contributed by atoms with Gasteiger partial charge in [0.2, 0.25) is 15.9 Å². The van der Waals surface area contributed by atoms with Crippen LogP contribution in [0.1, 0.15) is 30.5 Å². The Morgan fingerprint density at radius 2 is 1.39 bits per heavy atom. The molecule has 7 heteroatoms. The monoisotopic (exact) mass is 440 g/mol. The summed E-state index contributed by atoms with van der Waals surface area (Å²) in [6.07, 6.45) is 1.14. The molecule has 1 atom stereocenters. The van der Waals surface area contributed by atoms with E-state index in [-0.39, 0.29) is 12.1 Å². The molecule has 5 nitrogen and oxygen atoms in total. The molecule has 3 aromatic carbocycles. The minimum Gasteiger partial charge on any atom is -0.343 e. The first-order chi connectivity index (χ1) is 14.8. The third-order valence-corrected chi connectivity index (χ3v) is 6.14. The average molecular weight is 441 g/mol. The molecule has 31 heavy (non-hydrogen) atoms. The molecule has 1 N–H and O–H groups in total. The van der Waals surface area contributed by atoms with Crippen molar-refractivity contribution in [2.24, 2.45) is 0 Å². The average Bonchev–Trinajstić information content (AvgIpc) is 2.76. The Balaban J connectivity index is 2.00. The summed E-state index contributed by atoms with van der Waals surface area (Å²) in [6.45, 7) is 1.70. The molecule has 0 unspecified atom stereocenters. The van der Waals surface area contributed by atoms with Gasteiger partial charge in [-0.2, -0.15) is 0 Å². The fraction of sp³-hybridized carbons (Fsp3) is 0.208. The normalized spacial score (nSPS) is 12.4. The molecule has 0 aliphatic rings. The van der Waals surface area contributed by atoms with Crippen LogP contribution in [0.4, 0.5) is 10.1 Å². The number of amides is 1. The highest BCUT2D eigenvalue weighted by Crippen LogP contribution is 2.27. The molecule has 0 saturated heterocycles. The van der Waals surface area contributed by atoms with Crippen LogP contribution < -0.4 is 9.62 Å². The van der Waals surface area contributed by atoms with E-state index in [1.54, 1.807) is 6.92 Å². The van der Waals surface area contributed by atoms with Gasteiger partial charge in [0.15, 0.2) is 0 Å². The van der Waals surface area contributed by atoms with E-state index in [0.717, 1.165) is 21.7 Å². The Kier molecular flexibility index (Phi) is 7.07. The van der Waals surface area contributed by atoms with Crippen LogP contribution in [0.25, 0.3) is 0 Å². The molecule has 162 valence electrons. The fourth-order valence-electron chi connectivity index (χ4n) is 3.55. The van der Waals surface area contributed by atoms with Crippen LogP contribution in [0.15, 0.2) is 84.9 Å². The summed E-state index contributed by atoms with van der Waals surface area (Å²) < 4.78 is 40.5. The second kappa shape index (κ2) is 9.75. The SMILES string of the molecule is CC[C@@H](C(=O)NC(c1ccccc1)c1ccccc1)N(c1ccccc1F)S(C)(=O)=O. The first-order valence-electron chi connectivity index (χ1n) is 9.97. The number of anilines is 1. The molecule has 3 aromatic rings. The zero-order valence-electron chi connectivity index (χ0n) is 17.4. The third kappa shape index (κ3) is 5.30. The van der Waals surface area contributed by atoms with Crippen LogP contribution in [-0.4, -0.2) is 26.6 Å². The van der Waals surface area contributed by atoms with Gasteiger partial charge in [-0.1, -0.05) is 79.7 Å². The van der Waals surface area contributed by atoms with Crippen LogP contribution >= 0.6 is 0 Å². The van der Waals surface area contributed by atoms with Gasteiger partial charge in [0.1, 0.15) is 11.9 Å². The summed E-state index contributed by atoms with van der Waals surface area (Å²) in [5.74, 6) is -1.21. The predicted octanol–water partition coefficient (Wildman–Crippen LogP) is 4.28. The first kappa shape index (κ1) is 22.5. The summed E-state index contributed by atoms with van der Waals surface area (Å²) in [5.41, 5.74) is 1.56. The number of para-hydroxylation sites is 1.